The molecule has 18 aromatic rings. The molecular formula is C94H54N4S4. The second kappa shape index (κ2) is 22.4. The van der Waals surface area contributed by atoms with Gasteiger partial charge in [0.1, 0.15) is 0 Å². The molecule has 474 valence electrons. The third kappa shape index (κ3) is 8.58. The second-order valence-electron chi connectivity index (χ2n) is 27.0. The van der Waals surface area contributed by atoms with Crippen LogP contribution in [0.5, 0.6) is 0 Å². The average molecular weight is 1370 g/mol. The zero-order valence-electron chi connectivity index (χ0n) is 54.6. The molecular weight excluding hydrogens is 1310 g/mol. The molecule has 4 aliphatic rings. The highest BCUT2D eigenvalue weighted by molar-refractivity contribution is 7.99. The molecule has 2 aliphatic carbocycles. The van der Waals surface area contributed by atoms with E-state index in [1.54, 1.807) is 0 Å². The largest absolute Gasteiger partial charge is 0.228 e. The number of rotatable bonds is 7. The molecule has 22 rings (SSSR count). The topological polar surface area (TPSA) is 51.6 Å². The molecule has 2 aliphatic heterocycles. The summed E-state index contributed by atoms with van der Waals surface area (Å²) in [7, 11) is 0. The Morgan fingerprint density at radius 2 is 0.598 bits per heavy atom. The molecule has 4 aromatic heterocycles. The van der Waals surface area contributed by atoms with Crippen LogP contribution in [0.3, 0.4) is 0 Å². The maximum atomic E-state index is 5.55. The fraction of sp³-hybridized carbons (Fsp3) is 0.0213. The molecule has 102 heavy (non-hydrogen) atoms. The molecule has 0 radical (unpaired) electrons. The van der Waals surface area contributed by atoms with E-state index in [0.29, 0.717) is 11.6 Å². The zero-order valence-corrected chi connectivity index (χ0v) is 57.9. The van der Waals surface area contributed by atoms with E-state index in [9.17, 15) is 0 Å². The number of aromatic nitrogens is 4. The Bertz CT molecular complexity index is 6550. The Hall–Kier alpha value is -11.6. The molecule has 0 fully saturated rings. The number of fused-ring (bicyclic) bond motifs is 24. The predicted octanol–water partition coefficient (Wildman–Crippen LogP) is 25.3. The summed E-state index contributed by atoms with van der Waals surface area (Å²) >= 11 is 7.52. The summed E-state index contributed by atoms with van der Waals surface area (Å²) in [6.45, 7) is 0. The second-order valence-corrected chi connectivity index (χ2v) is 31.3. The van der Waals surface area contributed by atoms with E-state index in [-0.39, 0.29) is 0 Å². The van der Waals surface area contributed by atoms with Crippen molar-refractivity contribution < 1.29 is 0 Å². The van der Waals surface area contributed by atoms with Crippen LogP contribution in [0.25, 0.3) is 142 Å². The summed E-state index contributed by atoms with van der Waals surface area (Å²) < 4.78 is 5.23. The van der Waals surface area contributed by atoms with Gasteiger partial charge < -0.3 is 0 Å². The van der Waals surface area contributed by atoms with Gasteiger partial charge in [0.05, 0.1) is 33.6 Å². The normalized spacial score (nSPS) is 14.7. The van der Waals surface area contributed by atoms with E-state index < -0.39 is 10.8 Å². The lowest BCUT2D eigenvalue weighted by Gasteiger charge is -2.40. The Kier molecular flexibility index (Phi) is 12.8. The van der Waals surface area contributed by atoms with Crippen LogP contribution in [-0.4, -0.2) is 19.9 Å². The highest BCUT2D eigenvalue weighted by Gasteiger charge is 2.52. The molecule has 2 spiro atoms. The van der Waals surface area contributed by atoms with E-state index in [2.05, 4.69) is 328 Å². The lowest BCUT2D eigenvalue weighted by Crippen LogP contribution is -2.32. The number of benzene rings is 14. The molecule has 6 heterocycles. The summed E-state index contributed by atoms with van der Waals surface area (Å²) in [5.74, 6) is 1.34. The highest BCUT2D eigenvalue weighted by atomic mass is 32.2. The quantitative estimate of drug-likeness (QED) is 0.158. The Balaban J connectivity index is 0.653. The average Bonchev–Trinajstić information content (AvgIpc) is 1.50. The third-order valence-electron chi connectivity index (χ3n) is 21.7. The first kappa shape index (κ1) is 58.2. The molecule has 1 atom stereocenters. The first-order chi connectivity index (χ1) is 50.5. The van der Waals surface area contributed by atoms with Crippen molar-refractivity contribution in [2.45, 2.75) is 30.4 Å². The summed E-state index contributed by atoms with van der Waals surface area (Å²) in [6, 6.07) is 121. The van der Waals surface area contributed by atoms with Crippen LogP contribution in [0.2, 0.25) is 0 Å². The van der Waals surface area contributed by atoms with Crippen molar-refractivity contribution in [1.82, 2.24) is 19.9 Å². The monoisotopic (exact) mass is 1370 g/mol. The fourth-order valence-electron chi connectivity index (χ4n) is 17.2. The van der Waals surface area contributed by atoms with Crippen molar-refractivity contribution in [1.29, 1.82) is 0 Å². The summed E-state index contributed by atoms with van der Waals surface area (Å²) in [4.78, 5) is 26.9. The van der Waals surface area contributed by atoms with Crippen molar-refractivity contribution in [3.8, 4) is 101 Å². The maximum Gasteiger partial charge on any atom is 0.160 e. The van der Waals surface area contributed by atoms with Gasteiger partial charge in [-0.15, -0.1) is 22.7 Å². The van der Waals surface area contributed by atoms with E-state index in [0.717, 1.165) is 67.3 Å². The molecule has 0 saturated carbocycles. The maximum absolute atomic E-state index is 5.55. The van der Waals surface area contributed by atoms with E-state index in [4.69, 9.17) is 19.9 Å². The zero-order chi connectivity index (χ0) is 66.8. The summed E-state index contributed by atoms with van der Waals surface area (Å²) in [5, 5.41) is 5.21. The highest BCUT2D eigenvalue weighted by Crippen LogP contribution is 2.66. The van der Waals surface area contributed by atoms with Gasteiger partial charge in [-0.1, -0.05) is 260 Å². The van der Waals surface area contributed by atoms with Crippen LogP contribution in [0.15, 0.2) is 347 Å². The van der Waals surface area contributed by atoms with Crippen molar-refractivity contribution in [3.05, 3.63) is 372 Å². The van der Waals surface area contributed by atoms with Crippen molar-refractivity contribution in [3.63, 3.8) is 0 Å². The van der Waals surface area contributed by atoms with Gasteiger partial charge in [0.15, 0.2) is 11.6 Å². The van der Waals surface area contributed by atoms with Gasteiger partial charge in [-0.2, -0.15) is 0 Å². The SMILES string of the molecule is c1ccc(-c2cc(-c3ccc4c(c3)C3(c5ccccc5Sc5ccccc53)c3cc5sc6ccccc6c5cc3-4)nc(-c3ccc(-c4cccc(-c5cc(-c6ccc7c(c6)C6(c8ccccc8S7)c7ccccc7-c7cc8sc9ccccc9c8cc76)nc(-c6ccccc6)n5)c4)cc3)n2)cc1. The van der Waals surface area contributed by atoms with Gasteiger partial charge in [0.2, 0.25) is 0 Å². The smallest absolute Gasteiger partial charge is 0.160 e. The van der Waals surface area contributed by atoms with Gasteiger partial charge in [0, 0.05) is 93.3 Å². The van der Waals surface area contributed by atoms with Crippen molar-refractivity contribution >= 4 is 86.5 Å². The fourth-order valence-corrected chi connectivity index (χ4v) is 21.8. The lowest BCUT2D eigenvalue weighted by atomic mass is 9.67. The predicted molar refractivity (Wildman–Crippen MR) is 424 cm³/mol. The first-order valence-electron chi connectivity index (χ1n) is 34.5. The number of hydrogen-bond donors (Lipinski definition) is 0. The van der Waals surface area contributed by atoms with E-state index in [1.807, 2.05) is 46.2 Å². The van der Waals surface area contributed by atoms with Crippen LogP contribution in [0.1, 0.15) is 44.5 Å². The minimum Gasteiger partial charge on any atom is -0.228 e. The van der Waals surface area contributed by atoms with Gasteiger partial charge in [-0.05, 0) is 169 Å². The van der Waals surface area contributed by atoms with Crippen molar-refractivity contribution in [2.75, 3.05) is 0 Å². The first-order valence-corrected chi connectivity index (χ1v) is 37.8. The third-order valence-corrected chi connectivity index (χ3v) is 26.2. The van der Waals surface area contributed by atoms with Crippen LogP contribution >= 0.6 is 46.2 Å². The Labute approximate surface area is 605 Å². The number of thiophene rings is 2. The van der Waals surface area contributed by atoms with Gasteiger partial charge in [-0.3, -0.25) is 0 Å². The van der Waals surface area contributed by atoms with Crippen LogP contribution < -0.4 is 0 Å². The van der Waals surface area contributed by atoms with Gasteiger partial charge in [-0.25, -0.2) is 19.9 Å². The van der Waals surface area contributed by atoms with Gasteiger partial charge in [0.25, 0.3) is 0 Å². The number of hydrogen-bond acceptors (Lipinski definition) is 8. The summed E-state index contributed by atoms with van der Waals surface area (Å²) in [5.41, 5.74) is 26.0. The molecule has 0 saturated heterocycles. The van der Waals surface area contributed by atoms with Crippen LogP contribution in [0, 0.1) is 0 Å². The van der Waals surface area contributed by atoms with Gasteiger partial charge >= 0.3 is 0 Å². The van der Waals surface area contributed by atoms with E-state index in [1.165, 1.54) is 127 Å². The molecule has 14 aromatic carbocycles. The number of nitrogens with zero attached hydrogens (tertiary/aromatic N) is 4. The molecule has 0 amide bonds. The molecule has 0 N–H and O–H groups in total. The minimum atomic E-state index is -0.582. The van der Waals surface area contributed by atoms with Crippen molar-refractivity contribution in [2.24, 2.45) is 0 Å². The summed E-state index contributed by atoms with van der Waals surface area (Å²) in [6.07, 6.45) is 0. The molecule has 0 bridgehead atoms. The minimum absolute atomic E-state index is 0.570. The molecule has 4 nitrogen and oxygen atoms in total. The molecule has 8 heteroatoms. The van der Waals surface area contributed by atoms with E-state index >= 15 is 0 Å². The Morgan fingerprint density at radius 3 is 1.24 bits per heavy atom. The molecule has 1 unspecified atom stereocenters. The lowest BCUT2D eigenvalue weighted by molar-refractivity contribution is 0.723. The Morgan fingerprint density at radius 1 is 0.196 bits per heavy atom. The van der Waals surface area contributed by atoms with Crippen LogP contribution in [0.4, 0.5) is 0 Å². The van der Waals surface area contributed by atoms with Crippen LogP contribution in [-0.2, 0) is 10.8 Å². The standard InChI is InChI=1S/C94H54N4S4/c1-3-20-56(21-4-1)79-53-81(61-42-44-64-67-49-69-65-27-8-14-33-83(65)100-90(69)52-77(67)94(75(64)47-61)73-31-12-17-36-86(73)101-87-37-18-13-32-74(87)94)98-92(95-79)58-40-38-55(39-41-58)59-24-19-25-60(46-59)80-54-82(97-91(96-80)57-22-5-2-6-23-57)62-43-45-88-78(48-62)93(72-30-11-16-35-85(72)102-88)71-29-10-7-26-63(71)68-51-89-70(50-76(68)93)66-28-9-15-34-84(66)99-89/h1-54H.